The molecule has 0 bridgehead atoms. The van der Waals surface area contributed by atoms with Gasteiger partial charge in [-0.1, -0.05) is 54.6 Å². The maximum atomic E-state index is 13.2. The lowest BCUT2D eigenvalue weighted by Crippen LogP contribution is -2.46. The first-order chi connectivity index (χ1) is 18.2. The molecule has 4 aromatic rings. The minimum absolute atomic E-state index is 0.0511. The molecule has 8 heteroatoms. The lowest BCUT2D eigenvalue weighted by molar-refractivity contribution is -0.122. The number of amides is 2. The molecule has 0 radical (unpaired) electrons. The van der Waals surface area contributed by atoms with Crippen molar-refractivity contribution in [1.82, 2.24) is 15.3 Å². The van der Waals surface area contributed by atoms with Gasteiger partial charge in [0.25, 0.3) is 5.91 Å². The molecule has 3 aromatic carbocycles. The number of fused-ring (bicyclic) bond motifs is 1. The number of phenolic OH excluding ortho intramolecular Hbond substituents is 1. The third-order valence-corrected chi connectivity index (χ3v) is 6.72. The fourth-order valence-corrected chi connectivity index (χ4v) is 4.66. The number of aromatic nitrogens is 2. The number of primary amides is 1. The van der Waals surface area contributed by atoms with Gasteiger partial charge in [-0.05, 0) is 67.5 Å². The number of aliphatic hydroxyl groups excluding tert-OH is 1. The van der Waals surface area contributed by atoms with Crippen LogP contribution in [0.5, 0.6) is 5.75 Å². The monoisotopic (exact) mass is 512 g/mol. The molecule has 0 saturated heterocycles. The molecule has 3 unspecified atom stereocenters. The van der Waals surface area contributed by atoms with E-state index >= 15 is 0 Å². The third-order valence-electron chi connectivity index (χ3n) is 6.72. The van der Waals surface area contributed by atoms with Gasteiger partial charge in [0, 0.05) is 5.92 Å². The molecule has 1 aromatic heterocycles. The quantitative estimate of drug-likeness (QED) is 0.257. The van der Waals surface area contributed by atoms with E-state index in [0.717, 1.165) is 11.1 Å². The van der Waals surface area contributed by atoms with Gasteiger partial charge in [0.1, 0.15) is 11.4 Å². The van der Waals surface area contributed by atoms with E-state index in [4.69, 9.17) is 5.73 Å². The maximum absolute atomic E-state index is 13.2. The molecular weight excluding hydrogens is 480 g/mol. The van der Waals surface area contributed by atoms with Gasteiger partial charge in [0.05, 0.1) is 29.4 Å². The number of aryl methyl sites for hydroxylation is 2. The van der Waals surface area contributed by atoms with Crippen LogP contribution in [0.25, 0.3) is 11.0 Å². The first-order valence-electron chi connectivity index (χ1n) is 12.5. The van der Waals surface area contributed by atoms with E-state index in [-0.39, 0.29) is 17.9 Å². The molecule has 8 nitrogen and oxygen atoms in total. The summed E-state index contributed by atoms with van der Waals surface area (Å²) >= 11 is 0. The Kier molecular flexibility index (Phi) is 8.33. The van der Waals surface area contributed by atoms with Crippen LogP contribution < -0.4 is 11.1 Å². The Labute approximate surface area is 221 Å². The first kappa shape index (κ1) is 26.8. The van der Waals surface area contributed by atoms with Gasteiger partial charge in [0.15, 0.2) is 0 Å². The summed E-state index contributed by atoms with van der Waals surface area (Å²) in [6, 6.07) is 19.7. The number of hydrogen-bond acceptors (Lipinski definition) is 6. The molecule has 0 saturated carbocycles. The Balaban J connectivity index is 1.55. The molecule has 0 fully saturated rings. The van der Waals surface area contributed by atoms with Gasteiger partial charge in [-0.15, -0.1) is 0 Å². The molecule has 38 heavy (non-hydrogen) atoms. The number of carbonyl (C=O) groups is 2. The van der Waals surface area contributed by atoms with Crippen LogP contribution in [0.1, 0.15) is 39.2 Å². The number of carbonyl (C=O) groups excluding carboxylic acids is 2. The second-order valence-electron chi connectivity index (χ2n) is 9.70. The second-order valence-corrected chi connectivity index (χ2v) is 9.70. The minimum Gasteiger partial charge on any atom is -0.507 e. The van der Waals surface area contributed by atoms with Crippen molar-refractivity contribution in [2.45, 2.75) is 45.3 Å². The van der Waals surface area contributed by atoms with E-state index in [1.54, 1.807) is 19.9 Å². The van der Waals surface area contributed by atoms with Crippen LogP contribution in [0, 0.1) is 19.8 Å². The van der Waals surface area contributed by atoms with Crippen molar-refractivity contribution in [3.05, 3.63) is 101 Å². The molecule has 3 atom stereocenters. The highest BCUT2D eigenvalue weighted by Gasteiger charge is 2.28. The standard InChI is InChI=1S/C30H32N4O4/c1-18-12-21(13-19(2)28(18)36)14-22(29(31)37)16-27(35)25(15-20-8-4-3-5-9-20)34-30(38)26-17-32-23-10-6-7-11-24(23)33-26/h3-13,17,22,25,27,35-36H,14-16H2,1-2H3,(H2,31,37)(H,34,38). The largest absolute Gasteiger partial charge is 0.507 e. The van der Waals surface area contributed by atoms with Crippen LogP contribution in [0.15, 0.2) is 72.9 Å². The predicted molar refractivity (Wildman–Crippen MR) is 146 cm³/mol. The smallest absolute Gasteiger partial charge is 0.271 e. The SMILES string of the molecule is Cc1cc(CC(CC(O)C(Cc2ccccc2)NC(=O)c2cnc3ccccc3n2)C(N)=O)cc(C)c1O. The topological polar surface area (TPSA) is 138 Å². The van der Waals surface area contributed by atoms with Crippen molar-refractivity contribution < 1.29 is 19.8 Å². The molecule has 0 aliphatic rings. The van der Waals surface area contributed by atoms with E-state index < -0.39 is 29.9 Å². The van der Waals surface area contributed by atoms with Crippen LogP contribution in [0.3, 0.4) is 0 Å². The summed E-state index contributed by atoms with van der Waals surface area (Å²) in [5.74, 6) is -1.47. The molecule has 2 amide bonds. The van der Waals surface area contributed by atoms with Crippen LogP contribution in [0.2, 0.25) is 0 Å². The van der Waals surface area contributed by atoms with Crippen LogP contribution >= 0.6 is 0 Å². The highest BCUT2D eigenvalue weighted by molar-refractivity contribution is 5.94. The van der Waals surface area contributed by atoms with E-state index in [9.17, 15) is 19.8 Å². The highest BCUT2D eigenvalue weighted by Crippen LogP contribution is 2.26. The third kappa shape index (κ3) is 6.52. The number of nitrogens with one attached hydrogen (secondary N) is 1. The summed E-state index contributed by atoms with van der Waals surface area (Å²) in [7, 11) is 0. The number of phenols is 1. The number of rotatable bonds is 10. The number of nitrogens with zero attached hydrogens (tertiary/aromatic N) is 2. The molecule has 0 spiro atoms. The minimum atomic E-state index is -1.07. The van der Waals surface area contributed by atoms with Crippen molar-refractivity contribution in [2.75, 3.05) is 0 Å². The Morgan fingerprint density at radius 1 is 0.921 bits per heavy atom. The second kappa shape index (κ2) is 11.8. The van der Waals surface area contributed by atoms with Gasteiger partial charge in [-0.3, -0.25) is 14.6 Å². The molecule has 0 aliphatic carbocycles. The Morgan fingerprint density at radius 3 is 2.21 bits per heavy atom. The van der Waals surface area contributed by atoms with Crippen molar-refractivity contribution in [2.24, 2.45) is 11.7 Å². The lowest BCUT2D eigenvalue weighted by atomic mass is 9.88. The first-order valence-corrected chi connectivity index (χ1v) is 12.5. The van der Waals surface area contributed by atoms with E-state index in [1.165, 1.54) is 6.20 Å². The van der Waals surface area contributed by atoms with Crippen molar-refractivity contribution in [3.63, 3.8) is 0 Å². The Morgan fingerprint density at radius 2 is 1.55 bits per heavy atom. The fraction of sp³-hybridized carbons (Fsp3) is 0.267. The van der Waals surface area contributed by atoms with E-state index in [0.29, 0.717) is 35.0 Å². The summed E-state index contributed by atoms with van der Waals surface area (Å²) in [6.07, 6.45) is 1.04. The maximum Gasteiger partial charge on any atom is 0.271 e. The van der Waals surface area contributed by atoms with Gasteiger partial charge >= 0.3 is 0 Å². The highest BCUT2D eigenvalue weighted by atomic mass is 16.3. The zero-order valence-electron chi connectivity index (χ0n) is 21.5. The number of hydrogen-bond donors (Lipinski definition) is 4. The average Bonchev–Trinajstić information content (AvgIpc) is 2.91. The molecule has 0 aliphatic heterocycles. The molecule has 5 N–H and O–H groups in total. The fourth-order valence-electron chi connectivity index (χ4n) is 4.66. The number of para-hydroxylation sites is 2. The van der Waals surface area contributed by atoms with E-state index in [1.807, 2.05) is 60.7 Å². The zero-order chi connectivity index (χ0) is 27.2. The number of benzene rings is 3. The van der Waals surface area contributed by atoms with Crippen LogP contribution in [-0.4, -0.2) is 44.1 Å². The predicted octanol–water partition coefficient (Wildman–Crippen LogP) is 3.39. The average molecular weight is 513 g/mol. The summed E-state index contributed by atoms with van der Waals surface area (Å²) in [5.41, 5.74) is 10.3. The molecule has 1 heterocycles. The van der Waals surface area contributed by atoms with Crippen LogP contribution in [0.4, 0.5) is 0 Å². The summed E-state index contributed by atoms with van der Waals surface area (Å²) in [4.78, 5) is 34.3. The van der Waals surface area contributed by atoms with Crippen molar-refractivity contribution in [3.8, 4) is 5.75 Å². The van der Waals surface area contributed by atoms with Gasteiger partial charge < -0.3 is 21.3 Å². The number of aliphatic hydroxyl groups is 1. The summed E-state index contributed by atoms with van der Waals surface area (Å²) in [6.45, 7) is 3.59. The Hall–Kier alpha value is -4.30. The van der Waals surface area contributed by atoms with Gasteiger partial charge in [-0.2, -0.15) is 0 Å². The van der Waals surface area contributed by atoms with Crippen molar-refractivity contribution in [1.29, 1.82) is 0 Å². The number of aromatic hydroxyl groups is 1. The van der Waals surface area contributed by atoms with Crippen LogP contribution in [-0.2, 0) is 17.6 Å². The summed E-state index contributed by atoms with van der Waals surface area (Å²) in [5, 5.41) is 24.3. The van der Waals surface area contributed by atoms with E-state index in [2.05, 4.69) is 15.3 Å². The Bertz CT molecular complexity index is 1420. The number of nitrogens with two attached hydrogens (primary N) is 1. The molecule has 4 rings (SSSR count). The zero-order valence-corrected chi connectivity index (χ0v) is 21.5. The van der Waals surface area contributed by atoms with Crippen molar-refractivity contribution >= 4 is 22.8 Å². The van der Waals surface area contributed by atoms with Gasteiger partial charge in [0.2, 0.25) is 5.91 Å². The molecular formula is C30H32N4O4. The normalized spacial score (nSPS) is 13.6. The molecule has 196 valence electrons. The summed E-state index contributed by atoms with van der Waals surface area (Å²) < 4.78 is 0. The van der Waals surface area contributed by atoms with Gasteiger partial charge in [-0.25, -0.2) is 4.98 Å². The lowest BCUT2D eigenvalue weighted by Gasteiger charge is -2.27.